The average Bonchev–Trinajstić information content (AvgIpc) is 2.40. The Morgan fingerprint density at radius 2 is 1.85 bits per heavy atom. The summed E-state index contributed by atoms with van der Waals surface area (Å²) in [5, 5.41) is 0. The molecule has 0 aromatic heterocycles. The van der Waals surface area contributed by atoms with E-state index in [0.717, 1.165) is 42.6 Å². The van der Waals surface area contributed by atoms with Gasteiger partial charge in [0.05, 0.1) is 12.7 Å². The molecule has 1 aliphatic rings. The Balaban J connectivity index is 1.99. The van der Waals surface area contributed by atoms with Crippen molar-refractivity contribution in [3.05, 3.63) is 18.2 Å². The van der Waals surface area contributed by atoms with Gasteiger partial charge in [-0.25, -0.2) is 0 Å². The topological polar surface area (TPSA) is 44.5 Å². The Kier molecular flexibility index (Phi) is 5.16. The number of anilines is 1. The predicted molar refractivity (Wildman–Crippen MR) is 83.2 cm³/mol. The van der Waals surface area contributed by atoms with Crippen LogP contribution in [-0.4, -0.2) is 12.7 Å². The Morgan fingerprint density at radius 3 is 2.55 bits per heavy atom. The maximum absolute atomic E-state index is 6.12. The smallest absolute Gasteiger partial charge is 0.125 e. The maximum Gasteiger partial charge on any atom is 0.125 e. The summed E-state index contributed by atoms with van der Waals surface area (Å²) in [7, 11) is 0. The molecule has 3 unspecified atom stereocenters. The van der Waals surface area contributed by atoms with Crippen LogP contribution in [0.4, 0.5) is 5.69 Å². The van der Waals surface area contributed by atoms with Gasteiger partial charge in [-0.05, 0) is 37.5 Å². The Hall–Kier alpha value is -1.38. The Morgan fingerprint density at radius 1 is 1.10 bits per heavy atom. The molecular weight excluding hydrogens is 250 g/mol. The number of nitrogens with two attached hydrogens (primary N) is 1. The molecule has 3 heteroatoms. The molecule has 0 heterocycles. The van der Waals surface area contributed by atoms with Crippen LogP contribution in [-0.2, 0) is 0 Å². The van der Waals surface area contributed by atoms with E-state index in [1.807, 2.05) is 18.2 Å². The van der Waals surface area contributed by atoms with E-state index in [9.17, 15) is 0 Å². The fraction of sp³-hybridized carbons (Fsp3) is 0.647. The van der Waals surface area contributed by atoms with Crippen LogP contribution in [0.15, 0.2) is 18.2 Å². The van der Waals surface area contributed by atoms with Crippen LogP contribution in [0.2, 0.25) is 0 Å². The van der Waals surface area contributed by atoms with Gasteiger partial charge in [-0.15, -0.1) is 0 Å². The molecular formula is C17H27NO2. The highest BCUT2D eigenvalue weighted by atomic mass is 16.5. The van der Waals surface area contributed by atoms with Crippen molar-refractivity contribution >= 4 is 5.69 Å². The number of benzene rings is 1. The van der Waals surface area contributed by atoms with Gasteiger partial charge in [0.1, 0.15) is 11.5 Å². The van der Waals surface area contributed by atoms with Gasteiger partial charge in [-0.3, -0.25) is 0 Å². The summed E-state index contributed by atoms with van der Waals surface area (Å²) in [4.78, 5) is 0. The molecule has 1 saturated carbocycles. The molecule has 1 aromatic carbocycles. The first kappa shape index (κ1) is 15.0. The van der Waals surface area contributed by atoms with Crippen LogP contribution in [0, 0.1) is 11.8 Å². The molecule has 1 fully saturated rings. The van der Waals surface area contributed by atoms with Crippen LogP contribution in [0.25, 0.3) is 0 Å². The van der Waals surface area contributed by atoms with Gasteiger partial charge in [0.25, 0.3) is 0 Å². The van der Waals surface area contributed by atoms with Crippen molar-refractivity contribution in [2.45, 2.75) is 52.6 Å². The van der Waals surface area contributed by atoms with Gasteiger partial charge in [0.15, 0.2) is 0 Å². The second-order valence-corrected chi connectivity index (χ2v) is 6.09. The molecule has 0 spiro atoms. The largest absolute Gasteiger partial charge is 0.493 e. The van der Waals surface area contributed by atoms with E-state index in [0.29, 0.717) is 18.4 Å². The van der Waals surface area contributed by atoms with Gasteiger partial charge in [-0.1, -0.05) is 20.8 Å². The number of nitrogen functional groups attached to an aromatic ring is 1. The number of rotatable bonds is 5. The minimum absolute atomic E-state index is 0.307. The first-order chi connectivity index (χ1) is 9.58. The molecule has 0 saturated heterocycles. The Labute approximate surface area is 122 Å². The summed E-state index contributed by atoms with van der Waals surface area (Å²) in [5.41, 5.74) is 6.63. The Bertz CT molecular complexity index is 433. The lowest BCUT2D eigenvalue weighted by atomic mass is 9.80. The summed E-state index contributed by atoms with van der Waals surface area (Å²) in [5.74, 6) is 3.17. The van der Waals surface area contributed by atoms with Crippen LogP contribution in [0.1, 0.15) is 46.5 Å². The van der Waals surface area contributed by atoms with E-state index in [1.165, 1.54) is 6.42 Å². The van der Waals surface area contributed by atoms with Crippen LogP contribution in [0.3, 0.4) is 0 Å². The third-order valence-electron chi connectivity index (χ3n) is 4.23. The standard InChI is InChI=1S/C17H27NO2/c1-4-7-19-16-9-14(18)10-17(11-16)20-15-6-5-12(2)13(3)8-15/h9-13,15H,4-8,18H2,1-3H3. The normalized spacial score (nSPS) is 26.2. The third kappa shape index (κ3) is 4.06. The molecule has 2 N–H and O–H groups in total. The van der Waals surface area contributed by atoms with Crippen LogP contribution < -0.4 is 15.2 Å². The van der Waals surface area contributed by atoms with E-state index < -0.39 is 0 Å². The van der Waals surface area contributed by atoms with Crippen molar-refractivity contribution in [3.63, 3.8) is 0 Å². The minimum Gasteiger partial charge on any atom is -0.493 e. The summed E-state index contributed by atoms with van der Waals surface area (Å²) < 4.78 is 11.8. The number of hydrogen-bond donors (Lipinski definition) is 1. The zero-order valence-corrected chi connectivity index (χ0v) is 12.9. The first-order valence-electron chi connectivity index (χ1n) is 7.78. The van der Waals surface area contributed by atoms with Crippen LogP contribution in [0.5, 0.6) is 11.5 Å². The molecule has 20 heavy (non-hydrogen) atoms. The van der Waals surface area contributed by atoms with Gasteiger partial charge < -0.3 is 15.2 Å². The molecule has 0 bridgehead atoms. The second kappa shape index (κ2) is 6.87. The average molecular weight is 277 g/mol. The molecule has 0 aliphatic heterocycles. The van der Waals surface area contributed by atoms with Gasteiger partial charge in [0.2, 0.25) is 0 Å². The molecule has 0 amide bonds. The first-order valence-corrected chi connectivity index (χ1v) is 7.78. The molecule has 0 radical (unpaired) electrons. The van der Waals surface area contributed by atoms with Crippen LogP contribution >= 0.6 is 0 Å². The lowest BCUT2D eigenvalue weighted by Gasteiger charge is -2.32. The lowest BCUT2D eigenvalue weighted by Crippen LogP contribution is -2.28. The van der Waals surface area contributed by atoms with Crippen molar-refractivity contribution in [1.29, 1.82) is 0 Å². The van der Waals surface area contributed by atoms with Gasteiger partial charge in [0, 0.05) is 23.9 Å². The number of hydrogen-bond acceptors (Lipinski definition) is 3. The molecule has 3 atom stereocenters. The van der Waals surface area contributed by atoms with Crippen molar-refractivity contribution in [2.75, 3.05) is 12.3 Å². The van der Waals surface area contributed by atoms with Crippen molar-refractivity contribution in [1.82, 2.24) is 0 Å². The molecule has 1 aromatic rings. The molecule has 1 aliphatic carbocycles. The summed E-state index contributed by atoms with van der Waals surface area (Å²) in [6.45, 7) is 7.45. The van der Waals surface area contributed by atoms with Crippen molar-refractivity contribution in [2.24, 2.45) is 11.8 Å². The third-order valence-corrected chi connectivity index (χ3v) is 4.23. The maximum atomic E-state index is 6.12. The van der Waals surface area contributed by atoms with E-state index in [1.54, 1.807) is 0 Å². The highest BCUT2D eigenvalue weighted by Gasteiger charge is 2.25. The predicted octanol–water partition coefficient (Wildman–Crippen LogP) is 4.26. The highest BCUT2D eigenvalue weighted by molar-refractivity contribution is 5.50. The van der Waals surface area contributed by atoms with Gasteiger partial charge >= 0.3 is 0 Å². The lowest BCUT2D eigenvalue weighted by molar-refractivity contribution is 0.100. The molecule has 3 nitrogen and oxygen atoms in total. The van der Waals surface area contributed by atoms with Crippen molar-refractivity contribution < 1.29 is 9.47 Å². The number of ether oxygens (including phenoxy) is 2. The van der Waals surface area contributed by atoms with E-state index in [2.05, 4.69) is 20.8 Å². The highest BCUT2D eigenvalue weighted by Crippen LogP contribution is 2.33. The second-order valence-electron chi connectivity index (χ2n) is 6.09. The van der Waals surface area contributed by atoms with E-state index >= 15 is 0 Å². The van der Waals surface area contributed by atoms with Crippen molar-refractivity contribution in [3.8, 4) is 11.5 Å². The summed E-state index contributed by atoms with van der Waals surface area (Å²) >= 11 is 0. The van der Waals surface area contributed by atoms with E-state index in [-0.39, 0.29) is 0 Å². The fourth-order valence-electron chi connectivity index (χ4n) is 2.76. The monoisotopic (exact) mass is 277 g/mol. The molecule has 2 rings (SSSR count). The van der Waals surface area contributed by atoms with E-state index in [4.69, 9.17) is 15.2 Å². The summed E-state index contributed by atoms with van der Waals surface area (Å²) in [6, 6.07) is 5.70. The SMILES string of the molecule is CCCOc1cc(N)cc(OC2CCC(C)C(C)C2)c1. The van der Waals surface area contributed by atoms with Gasteiger partial charge in [-0.2, -0.15) is 0 Å². The quantitative estimate of drug-likeness (QED) is 0.818. The molecule has 112 valence electrons. The zero-order valence-electron chi connectivity index (χ0n) is 12.9. The summed E-state index contributed by atoms with van der Waals surface area (Å²) in [6.07, 6.45) is 4.80. The fourth-order valence-corrected chi connectivity index (χ4v) is 2.76. The zero-order chi connectivity index (χ0) is 14.5. The minimum atomic E-state index is 0.307.